The van der Waals surface area contributed by atoms with Gasteiger partial charge in [0, 0.05) is 12.1 Å². The number of likely N-dealkylation sites (tertiary alicyclic amines) is 1. The van der Waals surface area contributed by atoms with Crippen molar-refractivity contribution in [1.82, 2.24) is 4.90 Å². The molecule has 0 bridgehead atoms. The van der Waals surface area contributed by atoms with Gasteiger partial charge >= 0.3 is 0 Å². The molecule has 0 aliphatic carbocycles. The summed E-state index contributed by atoms with van der Waals surface area (Å²) >= 11 is 0. The molecule has 26 heavy (non-hydrogen) atoms. The smallest absolute Gasteiger partial charge is 0.255 e. The molecule has 1 saturated heterocycles. The molecule has 0 spiro atoms. The van der Waals surface area contributed by atoms with Crippen LogP contribution in [-0.2, 0) is 5.54 Å². The zero-order valence-electron chi connectivity index (χ0n) is 15.1. The summed E-state index contributed by atoms with van der Waals surface area (Å²) in [5.41, 5.74) is 0.590. The van der Waals surface area contributed by atoms with Gasteiger partial charge in [-0.3, -0.25) is 4.79 Å². The lowest BCUT2D eigenvalue weighted by Crippen LogP contribution is -2.44. The molecule has 1 heterocycles. The van der Waals surface area contributed by atoms with E-state index in [4.69, 9.17) is 4.74 Å². The molecular weight excluding hydrogens is 324 g/mol. The van der Waals surface area contributed by atoms with Crippen LogP contribution in [0.25, 0.3) is 0 Å². The molecule has 2 aromatic carbocycles. The maximum absolute atomic E-state index is 13.1. The first-order chi connectivity index (χ1) is 12.7. The molecule has 0 saturated carbocycles. The van der Waals surface area contributed by atoms with Crippen LogP contribution in [0.3, 0.4) is 0 Å². The second kappa shape index (κ2) is 8.05. The van der Waals surface area contributed by atoms with E-state index >= 15 is 0 Å². The van der Waals surface area contributed by atoms with E-state index in [0.29, 0.717) is 25.1 Å². The molecule has 0 unspecified atom stereocenters. The summed E-state index contributed by atoms with van der Waals surface area (Å²) in [7, 11) is 0. The first-order valence-electron chi connectivity index (χ1n) is 9.23. The van der Waals surface area contributed by atoms with Crippen molar-refractivity contribution >= 4 is 5.91 Å². The van der Waals surface area contributed by atoms with Crippen molar-refractivity contribution in [3.8, 4) is 11.8 Å². The number of nitrogens with zero attached hydrogens (tertiary/aromatic N) is 2. The molecule has 1 aliphatic rings. The highest BCUT2D eigenvalue weighted by atomic mass is 16.5. The van der Waals surface area contributed by atoms with Crippen molar-refractivity contribution < 1.29 is 9.53 Å². The van der Waals surface area contributed by atoms with Crippen LogP contribution in [0.15, 0.2) is 54.6 Å². The fraction of sp³-hybridized carbons (Fsp3) is 0.364. The molecule has 2 aromatic rings. The van der Waals surface area contributed by atoms with Gasteiger partial charge in [-0.25, -0.2) is 0 Å². The number of amides is 1. The molecule has 1 fully saturated rings. The van der Waals surface area contributed by atoms with Gasteiger partial charge in [-0.15, -0.1) is 0 Å². The standard InChI is InChI=1S/C22H24N2O2/c1-2-3-16-26-20-12-10-18(11-13-20)21(25)24-15-7-14-22(24,17-23)19-8-5-4-6-9-19/h4-6,8-13H,2-3,7,14-16H2,1H3/t22-/m0/s1. The second-order valence-corrected chi connectivity index (χ2v) is 6.62. The Morgan fingerprint density at radius 1 is 1.19 bits per heavy atom. The van der Waals surface area contributed by atoms with Gasteiger partial charge in [0.2, 0.25) is 0 Å². The van der Waals surface area contributed by atoms with E-state index < -0.39 is 5.54 Å². The number of hydrogen-bond acceptors (Lipinski definition) is 3. The first kappa shape index (κ1) is 18.0. The normalized spacial score (nSPS) is 19.2. The number of nitriles is 1. The molecular formula is C22H24N2O2. The third-order valence-electron chi connectivity index (χ3n) is 4.93. The number of hydrogen-bond donors (Lipinski definition) is 0. The number of benzene rings is 2. The van der Waals surface area contributed by atoms with Crippen molar-refractivity contribution in [2.24, 2.45) is 0 Å². The Morgan fingerprint density at radius 2 is 1.92 bits per heavy atom. The Labute approximate surface area is 155 Å². The summed E-state index contributed by atoms with van der Waals surface area (Å²) in [5, 5.41) is 9.94. The minimum atomic E-state index is -0.880. The van der Waals surface area contributed by atoms with Gasteiger partial charge in [-0.1, -0.05) is 43.7 Å². The average molecular weight is 348 g/mol. The summed E-state index contributed by atoms with van der Waals surface area (Å²) in [6.07, 6.45) is 3.58. The SMILES string of the molecule is CCCCOc1ccc(C(=O)N2CCC[C@]2(C#N)c2ccccc2)cc1. The maximum atomic E-state index is 13.1. The number of carbonyl (C=O) groups is 1. The van der Waals surface area contributed by atoms with Crippen LogP contribution in [0.1, 0.15) is 48.5 Å². The monoisotopic (exact) mass is 348 g/mol. The zero-order chi connectivity index (χ0) is 18.4. The predicted octanol–water partition coefficient (Wildman–Crippen LogP) is 4.52. The Balaban J connectivity index is 1.81. The number of unbranched alkanes of at least 4 members (excludes halogenated alkanes) is 1. The zero-order valence-corrected chi connectivity index (χ0v) is 15.1. The number of ether oxygens (including phenoxy) is 1. The highest BCUT2D eigenvalue weighted by molar-refractivity contribution is 5.95. The lowest BCUT2D eigenvalue weighted by Gasteiger charge is -2.33. The summed E-state index contributed by atoms with van der Waals surface area (Å²) < 4.78 is 5.66. The van der Waals surface area contributed by atoms with Crippen LogP contribution in [0.5, 0.6) is 5.75 Å². The van der Waals surface area contributed by atoms with Crippen molar-refractivity contribution in [3.63, 3.8) is 0 Å². The summed E-state index contributed by atoms with van der Waals surface area (Å²) in [5.74, 6) is 0.666. The van der Waals surface area contributed by atoms with E-state index in [1.54, 1.807) is 17.0 Å². The molecule has 4 nitrogen and oxygen atoms in total. The highest BCUT2D eigenvalue weighted by Crippen LogP contribution is 2.39. The van der Waals surface area contributed by atoms with Crippen LogP contribution < -0.4 is 4.74 Å². The van der Waals surface area contributed by atoms with E-state index in [1.807, 2.05) is 42.5 Å². The van der Waals surface area contributed by atoms with Crippen LogP contribution >= 0.6 is 0 Å². The summed E-state index contributed by atoms with van der Waals surface area (Å²) in [6, 6.07) is 19.3. The molecule has 4 heteroatoms. The number of carbonyl (C=O) groups excluding carboxylic acids is 1. The van der Waals surface area contributed by atoms with Gasteiger partial charge < -0.3 is 9.64 Å². The fourth-order valence-corrected chi connectivity index (χ4v) is 3.47. The quantitative estimate of drug-likeness (QED) is 0.721. The molecule has 3 rings (SSSR count). The Bertz CT molecular complexity index is 780. The van der Waals surface area contributed by atoms with E-state index in [-0.39, 0.29) is 5.91 Å². The fourth-order valence-electron chi connectivity index (χ4n) is 3.47. The van der Waals surface area contributed by atoms with E-state index in [9.17, 15) is 10.1 Å². The third-order valence-corrected chi connectivity index (χ3v) is 4.93. The molecule has 134 valence electrons. The van der Waals surface area contributed by atoms with Crippen LogP contribution in [0, 0.1) is 11.3 Å². The minimum Gasteiger partial charge on any atom is -0.494 e. The Morgan fingerprint density at radius 3 is 2.58 bits per heavy atom. The lowest BCUT2D eigenvalue weighted by atomic mass is 9.88. The van der Waals surface area contributed by atoms with E-state index in [0.717, 1.165) is 30.6 Å². The molecule has 0 aromatic heterocycles. The van der Waals surface area contributed by atoms with Gasteiger partial charge in [0.15, 0.2) is 5.54 Å². The van der Waals surface area contributed by atoms with Gasteiger partial charge in [-0.05, 0) is 49.1 Å². The Hall–Kier alpha value is -2.80. The van der Waals surface area contributed by atoms with Crippen molar-refractivity contribution in [2.45, 2.75) is 38.1 Å². The minimum absolute atomic E-state index is 0.104. The predicted molar refractivity (Wildman–Crippen MR) is 101 cm³/mol. The highest BCUT2D eigenvalue weighted by Gasteiger charge is 2.45. The van der Waals surface area contributed by atoms with Crippen molar-refractivity contribution in [3.05, 3.63) is 65.7 Å². The van der Waals surface area contributed by atoms with Gasteiger partial charge in [-0.2, -0.15) is 5.26 Å². The molecule has 1 amide bonds. The largest absolute Gasteiger partial charge is 0.494 e. The second-order valence-electron chi connectivity index (χ2n) is 6.62. The molecule has 0 N–H and O–H groups in total. The maximum Gasteiger partial charge on any atom is 0.255 e. The van der Waals surface area contributed by atoms with Crippen LogP contribution in [0.4, 0.5) is 0 Å². The summed E-state index contributed by atoms with van der Waals surface area (Å²) in [6.45, 7) is 3.40. The third kappa shape index (κ3) is 3.43. The van der Waals surface area contributed by atoms with Crippen molar-refractivity contribution in [1.29, 1.82) is 5.26 Å². The van der Waals surface area contributed by atoms with Gasteiger partial charge in [0.05, 0.1) is 12.7 Å². The molecule has 1 atom stereocenters. The van der Waals surface area contributed by atoms with Crippen LogP contribution in [-0.4, -0.2) is 24.0 Å². The van der Waals surface area contributed by atoms with Crippen molar-refractivity contribution in [2.75, 3.05) is 13.2 Å². The topological polar surface area (TPSA) is 53.3 Å². The van der Waals surface area contributed by atoms with E-state index in [1.165, 1.54) is 0 Å². The van der Waals surface area contributed by atoms with Crippen LogP contribution in [0.2, 0.25) is 0 Å². The average Bonchev–Trinajstić information content (AvgIpc) is 3.14. The number of rotatable bonds is 6. The van der Waals surface area contributed by atoms with Gasteiger partial charge in [0.1, 0.15) is 5.75 Å². The Kier molecular flexibility index (Phi) is 5.58. The summed E-state index contributed by atoms with van der Waals surface area (Å²) in [4.78, 5) is 14.8. The first-order valence-corrected chi connectivity index (χ1v) is 9.23. The molecule has 0 radical (unpaired) electrons. The van der Waals surface area contributed by atoms with E-state index in [2.05, 4.69) is 13.0 Å². The lowest BCUT2D eigenvalue weighted by molar-refractivity contribution is 0.0670. The van der Waals surface area contributed by atoms with Gasteiger partial charge in [0.25, 0.3) is 5.91 Å². The molecule has 1 aliphatic heterocycles.